The molecule has 2 rings (SSSR count). The molecule has 1 aromatic rings. The molecule has 2 atom stereocenters. The van der Waals surface area contributed by atoms with Crippen molar-refractivity contribution in [3.8, 4) is 0 Å². The van der Waals surface area contributed by atoms with Gasteiger partial charge in [-0.2, -0.15) is 0 Å². The lowest BCUT2D eigenvalue weighted by Crippen LogP contribution is -2.27. The molecule has 0 aliphatic heterocycles. The number of halogens is 1. The first-order valence-corrected chi connectivity index (χ1v) is 6.84. The molecular weight excluding hydrogens is 234 g/mol. The van der Waals surface area contributed by atoms with E-state index in [0.717, 1.165) is 23.7 Å². The summed E-state index contributed by atoms with van der Waals surface area (Å²) in [4.78, 5) is 8.36. The SMILES string of the molecule is CCc1c(Cl)ncnc1NC1CCCC(C)C1. The average molecular weight is 254 g/mol. The third-order valence-electron chi connectivity index (χ3n) is 3.52. The maximum atomic E-state index is 6.08. The summed E-state index contributed by atoms with van der Waals surface area (Å²) in [5, 5.41) is 4.11. The van der Waals surface area contributed by atoms with Gasteiger partial charge in [0.05, 0.1) is 0 Å². The van der Waals surface area contributed by atoms with E-state index in [9.17, 15) is 0 Å². The minimum Gasteiger partial charge on any atom is -0.367 e. The van der Waals surface area contributed by atoms with Crippen molar-refractivity contribution >= 4 is 17.4 Å². The van der Waals surface area contributed by atoms with Gasteiger partial charge in [0.1, 0.15) is 17.3 Å². The highest BCUT2D eigenvalue weighted by molar-refractivity contribution is 6.30. The van der Waals surface area contributed by atoms with Crippen molar-refractivity contribution in [3.63, 3.8) is 0 Å². The summed E-state index contributed by atoms with van der Waals surface area (Å²) in [6.45, 7) is 4.40. The fraction of sp³-hybridized carbons (Fsp3) is 0.692. The summed E-state index contributed by atoms with van der Waals surface area (Å²) in [6.07, 6.45) is 7.52. The van der Waals surface area contributed by atoms with Gasteiger partial charge in [-0.3, -0.25) is 0 Å². The van der Waals surface area contributed by atoms with Crippen molar-refractivity contribution in [2.24, 2.45) is 5.92 Å². The van der Waals surface area contributed by atoms with Crippen LogP contribution in [0.2, 0.25) is 5.15 Å². The summed E-state index contributed by atoms with van der Waals surface area (Å²) < 4.78 is 0. The molecule has 0 radical (unpaired) electrons. The molecule has 1 saturated carbocycles. The van der Waals surface area contributed by atoms with Gasteiger partial charge in [-0.05, 0) is 25.2 Å². The van der Waals surface area contributed by atoms with Crippen LogP contribution in [0.4, 0.5) is 5.82 Å². The normalized spacial score (nSPS) is 24.6. The van der Waals surface area contributed by atoms with Gasteiger partial charge in [0.2, 0.25) is 0 Å². The monoisotopic (exact) mass is 253 g/mol. The summed E-state index contributed by atoms with van der Waals surface area (Å²) >= 11 is 6.08. The largest absolute Gasteiger partial charge is 0.367 e. The van der Waals surface area contributed by atoms with Crippen LogP contribution in [0, 0.1) is 5.92 Å². The van der Waals surface area contributed by atoms with Crippen LogP contribution in [-0.4, -0.2) is 16.0 Å². The second-order valence-corrected chi connectivity index (χ2v) is 5.32. The van der Waals surface area contributed by atoms with Gasteiger partial charge in [-0.15, -0.1) is 0 Å². The van der Waals surface area contributed by atoms with E-state index in [1.165, 1.54) is 32.0 Å². The van der Waals surface area contributed by atoms with Crippen molar-refractivity contribution in [3.05, 3.63) is 17.0 Å². The summed E-state index contributed by atoms with van der Waals surface area (Å²) in [7, 11) is 0. The van der Waals surface area contributed by atoms with Crippen LogP contribution in [-0.2, 0) is 6.42 Å². The van der Waals surface area contributed by atoms with E-state index in [1.54, 1.807) is 0 Å². The fourth-order valence-corrected chi connectivity index (χ4v) is 2.85. The molecule has 1 fully saturated rings. The second-order valence-electron chi connectivity index (χ2n) is 4.96. The van der Waals surface area contributed by atoms with Gasteiger partial charge in [0.25, 0.3) is 0 Å². The molecule has 0 bridgehead atoms. The van der Waals surface area contributed by atoms with Crippen LogP contribution < -0.4 is 5.32 Å². The molecule has 1 N–H and O–H groups in total. The number of hydrogen-bond acceptors (Lipinski definition) is 3. The fourth-order valence-electron chi connectivity index (χ4n) is 2.59. The number of aromatic nitrogens is 2. The number of nitrogens with zero attached hydrogens (tertiary/aromatic N) is 2. The highest BCUT2D eigenvalue weighted by Crippen LogP contribution is 2.28. The lowest BCUT2D eigenvalue weighted by atomic mass is 9.87. The van der Waals surface area contributed by atoms with Crippen molar-refractivity contribution in [1.29, 1.82) is 0 Å². The van der Waals surface area contributed by atoms with Crippen molar-refractivity contribution in [2.75, 3.05) is 5.32 Å². The molecule has 2 unspecified atom stereocenters. The van der Waals surface area contributed by atoms with Crippen LogP contribution >= 0.6 is 11.6 Å². The first kappa shape index (κ1) is 12.6. The third-order valence-corrected chi connectivity index (χ3v) is 3.85. The Morgan fingerprint density at radius 1 is 1.41 bits per heavy atom. The Balaban J connectivity index is 2.10. The van der Waals surface area contributed by atoms with E-state index in [2.05, 4.69) is 29.1 Å². The number of anilines is 1. The molecule has 94 valence electrons. The highest BCUT2D eigenvalue weighted by Gasteiger charge is 2.20. The molecule has 4 heteroatoms. The van der Waals surface area contributed by atoms with Crippen molar-refractivity contribution < 1.29 is 0 Å². The summed E-state index contributed by atoms with van der Waals surface area (Å²) in [6, 6.07) is 0.537. The van der Waals surface area contributed by atoms with Crippen molar-refractivity contribution in [1.82, 2.24) is 9.97 Å². The Labute approximate surface area is 108 Å². The first-order valence-electron chi connectivity index (χ1n) is 6.46. The van der Waals surface area contributed by atoms with E-state index in [-0.39, 0.29) is 0 Å². The van der Waals surface area contributed by atoms with E-state index < -0.39 is 0 Å². The van der Waals surface area contributed by atoms with Crippen LogP contribution in [0.3, 0.4) is 0 Å². The van der Waals surface area contributed by atoms with Gasteiger partial charge in [-0.1, -0.05) is 38.3 Å². The molecule has 0 saturated heterocycles. The lowest BCUT2D eigenvalue weighted by molar-refractivity contribution is 0.358. The first-order chi connectivity index (χ1) is 8.20. The van der Waals surface area contributed by atoms with E-state index >= 15 is 0 Å². The zero-order valence-electron chi connectivity index (χ0n) is 10.5. The quantitative estimate of drug-likeness (QED) is 0.835. The third kappa shape index (κ3) is 3.09. The molecule has 17 heavy (non-hydrogen) atoms. The molecular formula is C13H20ClN3. The Bertz CT molecular complexity index is 381. The van der Waals surface area contributed by atoms with Crippen LogP contribution in [0.15, 0.2) is 6.33 Å². The van der Waals surface area contributed by atoms with Gasteiger partial charge in [0.15, 0.2) is 0 Å². The van der Waals surface area contributed by atoms with Gasteiger partial charge < -0.3 is 5.32 Å². The minimum atomic E-state index is 0.537. The molecule has 0 spiro atoms. The van der Waals surface area contributed by atoms with E-state index in [1.807, 2.05) is 0 Å². The Kier molecular flexibility index (Phi) is 4.21. The Morgan fingerprint density at radius 2 is 2.24 bits per heavy atom. The Hall–Kier alpha value is -0.830. The molecule has 1 aliphatic rings. The molecule has 1 aliphatic carbocycles. The standard InChI is InChI=1S/C13H20ClN3/c1-3-11-12(14)15-8-16-13(11)17-10-6-4-5-9(2)7-10/h8-10H,3-7H2,1-2H3,(H,15,16,17). The predicted octanol–water partition coefficient (Wildman–Crippen LogP) is 3.68. The number of nitrogens with one attached hydrogen (secondary N) is 1. The predicted molar refractivity (Wildman–Crippen MR) is 71.5 cm³/mol. The van der Waals surface area contributed by atoms with Gasteiger partial charge in [-0.25, -0.2) is 9.97 Å². The number of hydrogen-bond donors (Lipinski definition) is 1. The molecule has 0 aromatic carbocycles. The molecule has 1 heterocycles. The molecule has 3 nitrogen and oxygen atoms in total. The zero-order chi connectivity index (χ0) is 12.3. The van der Waals surface area contributed by atoms with E-state index in [4.69, 9.17) is 11.6 Å². The van der Waals surface area contributed by atoms with Gasteiger partial charge in [0, 0.05) is 11.6 Å². The van der Waals surface area contributed by atoms with Crippen LogP contribution in [0.25, 0.3) is 0 Å². The highest BCUT2D eigenvalue weighted by atomic mass is 35.5. The smallest absolute Gasteiger partial charge is 0.137 e. The number of rotatable bonds is 3. The lowest BCUT2D eigenvalue weighted by Gasteiger charge is -2.28. The zero-order valence-corrected chi connectivity index (χ0v) is 11.3. The minimum absolute atomic E-state index is 0.537. The van der Waals surface area contributed by atoms with Crippen LogP contribution in [0.1, 0.15) is 45.1 Å². The molecule has 0 amide bonds. The molecule has 1 aromatic heterocycles. The Morgan fingerprint density at radius 3 is 2.94 bits per heavy atom. The average Bonchev–Trinajstić information content (AvgIpc) is 2.29. The van der Waals surface area contributed by atoms with Gasteiger partial charge >= 0.3 is 0 Å². The topological polar surface area (TPSA) is 37.8 Å². The van der Waals surface area contributed by atoms with Crippen LogP contribution in [0.5, 0.6) is 0 Å². The second kappa shape index (κ2) is 5.67. The van der Waals surface area contributed by atoms with Crippen molar-refractivity contribution in [2.45, 2.75) is 52.0 Å². The maximum Gasteiger partial charge on any atom is 0.137 e. The summed E-state index contributed by atoms with van der Waals surface area (Å²) in [5.41, 5.74) is 1.03. The summed E-state index contributed by atoms with van der Waals surface area (Å²) in [5.74, 6) is 1.73. The van der Waals surface area contributed by atoms with E-state index in [0.29, 0.717) is 11.2 Å². The maximum absolute atomic E-state index is 6.08.